The van der Waals surface area contributed by atoms with E-state index in [2.05, 4.69) is 21.7 Å². The molecule has 1 saturated heterocycles. The smallest absolute Gasteiger partial charge is 0.141 e. The van der Waals surface area contributed by atoms with Crippen LogP contribution in [0, 0.1) is 5.92 Å². The number of hydrogen-bond donors (Lipinski definition) is 0. The lowest BCUT2D eigenvalue weighted by atomic mass is 9.89. The predicted molar refractivity (Wildman–Crippen MR) is 119 cm³/mol. The summed E-state index contributed by atoms with van der Waals surface area (Å²) in [6, 6.07) is 5.88. The summed E-state index contributed by atoms with van der Waals surface area (Å²) in [7, 11) is 0. The summed E-state index contributed by atoms with van der Waals surface area (Å²) in [5, 5.41) is 2.51. The third-order valence-electron chi connectivity index (χ3n) is 5.92. The zero-order chi connectivity index (χ0) is 19.3. The van der Waals surface area contributed by atoms with Crippen molar-refractivity contribution < 1.29 is 0 Å². The van der Waals surface area contributed by atoms with Crippen LogP contribution >= 0.6 is 34.5 Å². The second kappa shape index (κ2) is 7.36. The minimum absolute atomic E-state index is 0.601. The molecule has 3 aromatic rings. The van der Waals surface area contributed by atoms with Crippen LogP contribution in [-0.4, -0.2) is 36.1 Å². The monoisotopic (exact) mass is 432 g/mol. The average molecular weight is 433 g/mol. The largest absolute Gasteiger partial charge is 0.368 e. The number of fused-ring (bicyclic) bond motifs is 3. The maximum Gasteiger partial charge on any atom is 0.141 e. The van der Waals surface area contributed by atoms with Crippen molar-refractivity contribution in [2.75, 3.05) is 36.0 Å². The SMILES string of the molecule is C[C@H]1CCc2c(sc3ncnc(N4CCN(c5ccc(Cl)c(Cl)c5)CC4)c23)C1. The molecule has 1 fully saturated rings. The molecule has 0 amide bonds. The molecule has 4 nitrogen and oxygen atoms in total. The quantitative estimate of drug-likeness (QED) is 0.538. The molecule has 0 unspecified atom stereocenters. The number of aromatic nitrogens is 2. The zero-order valence-corrected chi connectivity index (χ0v) is 18.1. The van der Waals surface area contributed by atoms with Gasteiger partial charge >= 0.3 is 0 Å². The van der Waals surface area contributed by atoms with Crippen LogP contribution in [0.1, 0.15) is 23.8 Å². The Labute approximate surface area is 179 Å². The van der Waals surface area contributed by atoms with Gasteiger partial charge in [0.1, 0.15) is 17.0 Å². The van der Waals surface area contributed by atoms with Crippen molar-refractivity contribution in [3.05, 3.63) is 45.0 Å². The van der Waals surface area contributed by atoms with Gasteiger partial charge in [0.05, 0.1) is 15.4 Å². The van der Waals surface area contributed by atoms with Crippen molar-refractivity contribution >= 4 is 56.3 Å². The van der Waals surface area contributed by atoms with Gasteiger partial charge in [-0.05, 0) is 48.9 Å². The molecule has 2 aromatic heterocycles. The molecule has 1 atom stereocenters. The molecule has 0 bridgehead atoms. The van der Waals surface area contributed by atoms with Crippen LogP contribution in [0.15, 0.2) is 24.5 Å². The average Bonchev–Trinajstić information content (AvgIpc) is 3.07. The standard InChI is InChI=1S/C21H22Cl2N4S/c1-13-2-4-15-18(10-13)28-21-19(15)20(24-12-25-21)27-8-6-26(7-9-27)14-3-5-16(22)17(23)11-14/h3,5,11-13H,2,4,6-10H2,1H3/t13-/m0/s1. The van der Waals surface area contributed by atoms with Gasteiger partial charge < -0.3 is 9.80 Å². The number of halogens is 2. The zero-order valence-electron chi connectivity index (χ0n) is 15.8. The molecule has 0 saturated carbocycles. The topological polar surface area (TPSA) is 32.3 Å². The van der Waals surface area contributed by atoms with Crippen LogP contribution in [0.2, 0.25) is 10.0 Å². The van der Waals surface area contributed by atoms with E-state index < -0.39 is 0 Å². The maximum atomic E-state index is 6.20. The van der Waals surface area contributed by atoms with E-state index in [1.54, 1.807) is 6.33 Å². The lowest BCUT2D eigenvalue weighted by molar-refractivity contribution is 0.509. The summed E-state index contributed by atoms with van der Waals surface area (Å²) in [6.45, 7) is 6.10. The molecule has 3 heterocycles. The second-order valence-electron chi connectivity index (χ2n) is 7.80. The summed E-state index contributed by atoms with van der Waals surface area (Å²) < 4.78 is 0. The van der Waals surface area contributed by atoms with Gasteiger partial charge in [0.2, 0.25) is 0 Å². The normalized spacial score (nSPS) is 19.9. The fourth-order valence-corrected chi connectivity index (χ4v) is 5.99. The van der Waals surface area contributed by atoms with Crippen molar-refractivity contribution in [2.45, 2.75) is 26.2 Å². The summed E-state index contributed by atoms with van der Waals surface area (Å²) in [5.74, 6) is 1.89. The highest BCUT2D eigenvalue weighted by Crippen LogP contribution is 2.40. The van der Waals surface area contributed by atoms with Gasteiger partial charge in [-0.1, -0.05) is 30.1 Å². The summed E-state index contributed by atoms with van der Waals surface area (Å²) in [5.41, 5.74) is 2.63. The number of anilines is 2. The van der Waals surface area contributed by atoms with Crippen molar-refractivity contribution in [3.8, 4) is 0 Å². The molecule has 2 aliphatic rings. The third kappa shape index (κ3) is 3.23. The fraction of sp³-hybridized carbons (Fsp3) is 0.429. The van der Waals surface area contributed by atoms with E-state index >= 15 is 0 Å². The Morgan fingerprint density at radius 2 is 1.82 bits per heavy atom. The Hall–Kier alpha value is -1.56. The first-order chi connectivity index (χ1) is 13.6. The van der Waals surface area contributed by atoms with Crippen LogP contribution in [0.4, 0.5) is 11.5 Å². The van der Waals surface area contributed by atoms with Crippen molar-refractivity contribution in [3.63, 3.8) is 0 Å². The van der Waals surface area contributed by atoms with Crippen molar-refractivity contribution in [1.29, 1.82) is 0 Å². The summed E-state index contributed by atoms with van der Waals surface area (Å²) >= 11 is 14.1. The lowest BCUT2D eigenvalue weighted by Crippen LogP contribution is -2.47. The van der Waals surface area contributed by atoms with Gasteiger partial charge in [0, 0.05) is 36.7 Å². The molecule has 0 spiro atoms. The van der Waals surface area contributed by atoms with Crippen molar-refractivity contribution in [1.82, 2.24) is 9.97 Å². The highest BCUT2D eigenvalue weighted by Gasteiger charge is 2.26. The van der Waals surface area contributed by atoms with Crippen LogP contribution in [0.5, 0.6) is 0 Å². The molecule has 28 heavy (non-hydrogen) atoms. The van der Waals surface area contributed by atoms with Gasteiger partial charge in [-0.2, -0.15) is 0 Å². The molecular formula is C21H22Cl2N4S. The second-order valence-corrected chi connectivity index (χ2v) is 9.70. The van der Waals surface area contributed by atoms with E-state index in [4.69, 9.17) is 28.2 Å². The van der Waals surface area contributed by atoms with E-state index in [0.717, 1.165) is 54.9 Å². The van der Waals surface area contributed by atoms with Gasteiger partial charge in [0.25, 0.3) is 0 Å². The Bertz CT molecular complexity index is 1030. The summed E-state index contributed by atoms with van der Waals surface area (Å²) in [6.07, 6.45) is 5.33. The highest BCUT2D eigenvalue weighted by molar-refractivity contribution is 7.19. The number of nitrogens with zero attached hydrogens (tertiary/aromatic N) is 4. The first kappa shape index (κ1) is 18.5. The Balaban J connectivity index is 1.41. The van der Waals surface area contributed by atoms with Crippen LogP contribution in [-0.2, 0) is 12.8 Å². The summed E-state index contributed by atoms with van der Waals surface area (Å²) in [4.78, 5) is 16.8. The number of thiophene rings is 1. The molecule has 146 valence electrons. The molecular weight excluding hydrogens is 411 g/mol. The number of benzene rings is 1. The fourth-order valence-electron chi connectivity index (χ4n) is 4.36. The molecule has 1 aromatic carbocycles. The van der Waals surface area contributed by atoms with E-state index in [1.807, 2.05) is 29.5 Å². The molecule has 0 N–H and O–H groups in total. The molecule has 1 aliphatic carbocycles. The van der Waals surface area contributed by atoms with E-state index in [0.29, 0.717) is 10.0 Å². The van der Waals surface area contributed by atoms with Gasteiger partial charge in [0.15, 0.2) is 0 Å². The minimum atomic E-state index is 0.601. The maximum absolute atomic E-state index is 6.20. The number of piperazine rings is 1. The van der Waals surface area contributed by atoms with Crippen LogP contribution in [0.3, 0.4) is 0 Å². The molecule has 5 rings (SSSR count). The van der Waals surface area contributed by atoms with Gasteiger partial charge in [-0.25, -0.2) is 9.97 Å². The third-order valence-corrected chi connectivity index (χ3v) is 7.82. The Morgan fingerprint density at radius 3 is 2.61 bits per heavy atom. The predicted octanol–water partition coefficient (Wildman–Crippen LogP) is 5.45. The highest BCUT2D eigenvalue weighted by atomic mass is 35.5. The molecule has 0 radical (unpaired) electrons. The van der Waals surface area contributed by atoms with Crippen molar-refractivity contribution in [2.24, 2.45) is 5.92 Å². The van der Waals surface area contributed by atoms with E-state index in [1.165, 1.54) is 28.7 Å². The molecule has 1 aliphatic heterocycles. The van der Waals surface area contributed by atoms with Crippen LogP contribution in [0.25, 0.3) is 10.2 Å². The Kier molecular flexibility index (Phi) is 4.85. The van der Waals surface area contributed by atoms with Gasteiger partial charge in [-0.15, -0.1) is 11.3 Å². The number of rotatable bonds is 2. The first-order valence-electron chi connectivity index (χ1n) is 9.80. The minimum Gasteiger partial charge on any atom is -0.368 e. The lowest BCUT2D eigenvalue weighted by Gasteiger charge is -2.37. The van der Waals surface area contributed by atoms with Gasteiger partial charge in [-0.3, -0.25) is 0 Å². The van der Waals surface area contributed by atoms with E-state index in [9.17, 15) is 0 Å². The van der Waals surface area contributed by atoms with Crippen LogP contribution < -0.4 is 9.80 Å². The first-order valence-corrected chi connectivity index (χ1v) is 11.4. The van der Waals surface area contributed by atoms with E-state index in [-0.39, 0.29) is 0 Å². The number of aryl methyl sites for hydroxylation is 1. The Morgan fingerprint density at radius 1 is 1.04 bits per heavy atom. The number of hydrogen-bond acceptors (Lipinski definition) is 5. The molecule has 7 heteroatoms.